The summed E-state index contributed by atoms with van der Waals surface area (Å²) in [5.41, 5.74) is 1.14. The minimum atomic E-state index is -1.14. The van der Waals surface area contributed by atoms with Crippen LogP contribution in [0.5, 0.6) is 0 Å². The van der Waals surface area contributed by atoms with Gasteiger partial charge in [0.05, 0.1) is 27.9 Å². The number of anilines is 2. The summed E-state index contributed by atoms with van der Waals surface area (Å²) in [5.74, 6) is -3.22. The van der Waals surface area contributed by atoms with Gasteiger partial charge in [0, 0.05) is 12.1 Å². The molecule has 0 saturated carbocycles. The summed E-state index contributed by atoms with van der Waals surface area (Å²) in [6.07, 6.45) is -1.14. The van der Waals surface area contributed by atoms with E-state index in [0.717, 1.165) is 4.90 Å². The number of nitro groups is 1. The number of benzene rings is 3. The number of carboxylic acids is 1. The van der Waals surface area contributed by atoms with E-state index in [4.69, 9.17) is 9.94 Å². The number of para-hydroxylation sites is 1. The third-order valence-corrected chi connectivity index (χ3v) is 5.92. The second kappa shape index (κ2) is 8.09. The van der Waals surface area contributed by atoms with Crippen molar-refractivity contribution >= 4 is 34.8 Å². The molecule has 3 aromatic rings. The van der Waals surface area contributed by atoms with Gasteiger partial charge in [0.25, 0.3) is 11.6 Å². The van der Waals surface area contributed by atoms with Gasteiger partial charge in [-0.05, 0) is 42.0 Å². The Morgan fingerprint density at radius 2 is 1.62 bits per heavy atom. The van der Waals surface area contributed by atoms with E-state index in [1.165, 1.54) is 47.5 Å². The van der Waals surface area contributed by atoms with Crippen molar-refractivity contribution in [3.05, 3.63) is 100 Å². The maximum absolute atomic E-state index is 13.5. The molecule has 0 radical (unpaired) electrons. The summed E-state index contributed by atoms with van der Waals surface area (Å²) in [6, 6.07) is 19.3. The molecule has 0 bridgehead atoms. The molecule has 5 rings (SSSR count). The van der Waals surface area contributed by atoms with E-state index in [9.17, 15) is 24.5 Å². The quantitative estimate of drug-likeness (QED) is 0.349. The van der Waals surface area contributed by atoms with Crippen LogP contribution in [0.3, 0.4) is 0 Å². The van der Waals surface area contributed by atoms with Crippen LogP contribution in [0.15, 0.2) is 78.9 Å². The Hall–Kier alpha value is -4.57. The van der Waals surface area contributed by atoms with Crippen molar-refractivity contribution in [3.8, 4) is 0 Å². The molecule has 2 heterocycles. The van der Waals surface area contributed by atoms with Crippen molar-refractivity contribution in [2.24, 2.45) is 5.92 Å². The highest BCUT2D eigenvalue weighted by Crippen LogP contribution is 2.47. The van der Waals surface area contributed by atoms with Crippen LogP contribution in [0.4, 0.5) is 17.1 Å². The van der Waals surface area contributed by atoms with Crippen molar-refractivity contribution in [3.63, 3.8) is 0 Å². The van der Waals surface area contributed by atoms with Crippen LogP contribution in [-0.4, -0.2) is 33.9 Å². The second-order valence-electron chi connectivity index (χ2n) is 7.87. The van der Waals surface area contributed by atoms with Gasteiger partial charge >= 0.3 is 5.97 Å². The van der Waals surface area contributed by atoms with Crippen molar-refractivity contribution in [1.82, 2.24) is 0 Å². The summed E-state index contributed by atoms with van der Waals surface area (Å²) in [6.45, 7) is 0. The molecule has 3 atom stereocenters. The number of hydrogen-bond donors (Lipinski definition) is 1. The third kappa shape index (κ3) is 3.37. The van der Waals surface area contributed by atoms with Crippen LogP contribution in [0.1, 0.15) is 22.0 Å². The molecule has 170 valence electrons. The highest BCUT2D eigenvalue weighted by Gasteiger charge is 2.60. The number of amides is 2. The van der Waals surface area contributed by atoms with Gasteiger partial charge in [-0.1, -0.05) is 30.3 Å². The molecule has 3 aromatic carbocycles. The van der Waals surface area contributed by atoms with Crippen molar-refractivity contribution < 1.29 is 29.3 Å². The molecule has 2 fully saturated rings. The lowest BCUT2D eigenvalue weighted by molar-refractivity contribution is -0.384. The number of hydrogen-bond acceptors (Lipinski definition) is 7. The SMILES string of the molecule is O=C(O)c1ccc(N2C(=O)[C@@H]3[C@@H](ON(c4ccccc4)[C@H]3c3cccc([N+](=O)[O-])c3)C2=O)cc1. The van der Waals surface area contributed by atoms with Gasteiger partial charge in [-0.2, -0.15) is 0 Å². The van der Waals surface area contributed by atoms with Gasteiger partial charge in [0.15, 0.2) is 6.10 Å². The fraction of sp³-hybridized carbons (Fsp3) is 0.125. The van der Waals surface area contributed by atoms with Crippen LogP contribution >= 0.6 is 0 Å². The first-order valence-electron chi connectivity index (χ1n) is 10.3. The Labute approximate surface area is 192 Å². The van der Waals surface area contributed by atoms with Gasteiger partial charge in [-0.25, -0.2) is 14.8 Å². The molecule has 1 N–H and O–H groups in total. The molecule has 10 nitrogen and oxygen atoms in total. The lowest BCUT2D eigenvalue weighted by Crippen LogP contribution is -2.37. The Morgan fingerprint density at radius 3 is 2.26 bits per heavy atom. The molecule has 2 amide bonds. The molecule has 0 unspecified atom stereocenters. The Balaban J connectivity index is 1.57. The molecule has 10 heteroatoms. The van der Waals surface area contributed by atoms with Crippen LogP contribution in [0, 0.1) is 16.0 Å². The number of hydroxylamine groups is 1. The number of carbonyl (C=O) groups excluding carboxylic acids is 2. The average molecular weight is 459 g/mol. The van der Waals surface area contributed by atoms with E-state index < -0.39 is 40.8 Å². The number of carbonyl (C=O) groups is 3. The van der Waals surface area contributed by atoms with E-state index in [2.05, 4.69) is 0 Å². The van der Waals surface area contributed by atoms with Gasteiger partial charge in [0.1, 0.15) is 5.92 Å². The van der Waals surface area contributed by atoms with Crippen molar-refractivity contribution in [2.45, 2.75) is 12.1 Å². The monoisotopic (exact) mass is 459 g/mol. The number of nitrogens with zero attached hydrogens (tertiary/aromatic N) is 3. The number of rotatable bonds is 5. The molecule has 34 heavy (non-hydrogen) atoms. The molecule has 2 aliphatic heterocycles. The smallest absolute Gasteiger partial charge is 0.335 e. The highest BCUT2D eigenvalue weighted by molar-refractivity contribution is 6.24. The number of imide groups is 1. The predicted molar refractivity (Wildman–Crippen MR) is 119 cm³/mol. The average Bonchev–Trinajstić information content (AvgIpc) is 3.35. The molecule has 2 aliphatic rings. The number of fused-ring (bicyclic) bond motifs is 1. The van der Waals surface area contributed by atoms with Crippen LogP contribution in [0.2, 0.25) is 0 Å². The van der Waals surface area contributed by atoms with E-state index in [-0.39, 0.29) is 16.9 Å². The normalized spacial score (nSPS) is 21.6. The summed E-state index contributed by atoms with van der Waals surface area (Å²) in [7, 11) is 0. The number of carboxylic acid groups (broad SMARTS) is 1. The van der Waals surface area contributed by atoms with E-state index in [1.54, 1.807) is 30.3 Å². The molecule has 0 aliphatic carbocycles. The van der Waals surface area contributed by atoms with Crippen molar-refractivity contribution in [2.75, 3.05) is 9.96 Å². The van der Waals surface area contributed by atoms with E-state index in [0.29, 0.717) is 11.3 Å². The maximum Gasteiger partial charge on any atom is 0.335 e. The summed E-state index contributed by atoms with van der Waals surface area (Å²) < 4.78 is 0. The Bertz CT molecular complexity index is 1310. The fourth-order valence-electron chi connectivity index (χ4n) is 4.38. The number of aromatic carboxylic acids is 1. The molecule has 0 aromatic heterocycles. The summed E-state index contributed by atoms with van der Waals surface area (Å²) in [4.78, 5) is 55.8. The minimum Gasteiger partial charge on any atom is -0.478 e. The standard InChI is InChI=1S/C24H17N3O7/c28-22-19-20(15-5-4-8-18(13-15)27(32)33)26(17-6-2-1-3-7-17)34-21(19)23(29)25(22)16-11-9-14(10-12-16)24(30)31/h1-13,19-21H,(H,30,31)/t19-,20-,21+/m0/s1. The van der Waals surface area contributed by atoms with Gasteiger partial charge < -0.3 is 5.11 Å². The fourth-order valence-corrected chi connectivity index (χ4v) is 4.38. The van der Waals surface area contributed by atoms with E-state index >= 15 is 0 Å². The largest absolute Gasteiger partial charge is 0.478 e. The van der Waals surface area contributed by atoms with Crippen LogP contribution in [-0.2, 0) is 14.4 Å². The van der Waals surface area contributed by atoms with Crippen LogP contribution < -0.4 is 9.96 Å². The minimum absolute atomic E-state index is 0.0176. The highest BCUT2D eigenvalue weighted by atomic mass is 16.7. The second-order valence-corrected chi connectivity index (χ2v) is 7.87. The van der Waals surface area contributed by atoms with Gasteiger partial charge in [0.2, 0.25) is 5.91 Å². The first-order chi connectivity index (χ1) is 16.4. The Morgan fingerprint density at radius 1 is 0.912 bits per heavy atom. The summed E-state index contributed by atoms with van der Waals surface area (Å²) >= 11 is 0. The van der Waals surface area contributed by atoms with Crippen LogP contribution in [0.25, 0.3) is 0 Å². The number of non-ortho nitro benzene ring substituents is 1. The molecule has 0 spiro atoms. The van der Waals surface area contributed by atoms with Crippen molar-refractivity contribution in [1.29, 1.82) is 0 Å². The number of nitro benzene ring substituents is 1. The topological polar surface area (TPSA) is 130 Å². The zero-order valence-electron chi connectivity index (χ0n) is 17.5. The van der Waals surface area contributed by atoms with E-state index in [1.807, 2.05) is 6.07 Å². The maximum atomic E-state index is 13.5. The van der Waals surface area contributed by atoms with Gasteiger partial charge in [-0.15, -0.1) is 0 Å². The third-order valence-electron chi connectivity index (χ3n) is 5.92. The molecule has 2 saturated heterocycles. The first kappa shape index (κ1) is 21.3. The lowest BCUT2D eigenvalue weighted by Gasteiger charge is -2.28. The first-order valence-corrected chi connectivity index (χ1v) is 10.3. The molecular weight excluding hydrogens is 442 g/mol. The lowest BCUT2D eigenvalue weighted by atomic mass is 9.90. The zero-order valence-corrected chi connectivity index (χ0v) is 17.5. The zero-order chi connectivity index (χ0) is 24.0. The predicted octanol–water partition coefficient (Wildman–Crippen LogP) is 3.34. The molecular formula is C24H17N3O7. The summed E-state index contributed by atoms with van der Waals surface area (Å²) in [5, 5.41) is 21.9. The Kier molecular flexibility index (Phi) is 5.06. The van der Waals surface area contributed by atoms with Gasteiger partial charge in [-0.3, -0.25) is 24.5 Å².